The lowest BCUT2D eigenvalue weighted by Gasteiger charge is -2.13. The monoisotopic (exact) mass is 607 g/mol. The number of carbonyl (C=O) groups is 2. The van der Waals surface area contributed by atoms with E-state index in [2.05, 4.69) is 48.6 Å². The Labute approximate surface area is 217 Å². The Morgan fingerprint density at radius 1 is 1.00 bits per heavy atom. The van der Waals surface area contributed by atoms with E-state index in [1.807, 2.05) is 24.3 Å². The van der Waals surface area contributed by atoms with Gasteiger partial charge in [-0.05, 0) is 105 Å². The molecule has 1 amide bonds. The molecule has 6 nitrogen and oxygen atoms in total. The number of esters is 1. The van der Waals surface area contributed by atoms with Crippen molar-refractivity contribution in [2.45, 2.75) is 12.6 Å². The molecule has 0 aromatic heterocycles. The van der Waals surface area contributed by atoms with Crippen molar-refractivity contribution in [1.82, 2.24) is 5.32 Å². The van der Waals surface area contributed by atoms with Crippen LogP contribution in [0.1, 0.15) is 31.8 Å². The molecule has 3 aromatic carbocycles. The molecule has 0 spiro atoms. The summed E-state index contributed by atoms with van der Waals surface area (Å²) in [6, 6.07) is 15.6. The summed E-state index contributed by atoms with van der Waals surface area (Å²) in [5.74, 6) is 0.0773. The number of benzene rings is 3. The van der Waals surface area contributed by atoms with Gasteiger partial charge in [-0.1, -0.05) is 12.1 Å². The number of nitrogens with one attached hydrogen (secondary N) is 1. The van der Waals surface area contributed by atoms with E-state index in [1.54, 1.807) is 18.2 Å². The maximum Gasteiger partial charge on any atom is 0.337 e. The van der Waals surface area contributed by atoms with Crippen LogP contribution >= 0.6 is 40.4 Å². The molecular formula is C25H24Br2NO5P. The summed E-state index contributed by atoms with van der Waals surface area (Å²) in [6.45, 7) is 2.51. The number of carbonyl (C=O) groups excluding carboxylic acids is 2. The highest BCUT2D eigenvalue weighted by atomic mass is 79.9. The second-order valence-corrected chi connectivity index (χ2v) is 10.2. The van der Waals surface area contributed by atoms with Gasteiger partial charge in [-0.2, -0.15) is 0 Å². The van der Waals surface area contributed by atoms with Gasteiger partial charge in [0.05, 0.1) is 27.2 Å². The summed E-state index contributed by atoms with van der Waals surface area (Å²) in [7, 11) is 2.14. The Morgan fingerprint density at radius 3 is 2.29 bits per heavy atom. The SMILES string of the molecule is COC(=O)c1ccc(CCNC(=O)c2cc(Oc3c(Br)cc(CPC)cc3Br)ccc2O)cc1. The minimum Gasteiger partial charge on any atom is -0.507 e. The Hall–Kier alpha value is -2.41. The summed E-state index contributed by atoms with van der Waals surface area (Å²) >= 11 is 7.11. The highest BCUT2D eigenvalue weighted by molar-refractivity contribution is 9.11. The lowest BCUT2D eigenvalue weighted by molar-refractivity contribution is 0.0600. The second-order valence-electron chi connectivity index (χ2n) is 7.39. The molecule has 2 N–H and O–H groups in total. The van der Waals surface area contributed by atoms with Crippen molar-refractivity contribution in [3.05, 3.63) is 85.8 Å². The fourth-order valence-electron chi connectivity index (χ4n) is 3.24. The molecule has 3 rings (SSSR count). The zero-order chi connectivity index (χ0) is 24.7. The number of methoxy groups -OCH3 is 1. The normalized spacial score (nSPS) is 10.9. The molecule has 1 unspecified atom stereocenters. The molecule has 0 saturated heterocycles. The van der Waals surface area contributed by atoms with Crippen molar-refractivity contribution in [1.29, 1.82) is 0 Å². The van der Waals surface area contributed by atoms with Gasteiger partial charge in [0.2, 0.25) is 0 Å². The van der Waals surface area contributed by atoms with Crippen molar-refractivity contribution in [3.8, 4) is 17.2 Å². The molecule has 3 aromatic rings. The maximum absolute atomic E-state index is 12.7. The Morgan fingerprint density at radius 2 is 1.68 bits per heavy atom. The van der Waals surface area contributed by atoms with Crippen LogP contribution < -0.4 is 10.1 Å². The fourth-order valence-corrected chi connectivity index (χ4v) is 5.29. The first-order valence-corrected chi connectivity index (χ1v) is 13.7. The number of amides is 1. The van der Waals surface area contributed by atoms with E-state index >= 15 is 0 Å². The molecule has 0 bridgehead atoms. The van der Waals surface area contributed by atoms with E-state index in [-0.39, 0.29) is 11.3 Å². The maximum atomic E-state index is 12.7. The van der Waals surface area contributed by atoms with Crippen LogP contribution in [0.2, 0.25) is 0 Å². The van der Waals surface area contributed by atoms with Crippen LogP contribution in [0.15, 0.2) is 63.5 Å². The Kier molecular flexibility index (Phi) is 9.51. The van der Waals surface area contributed by atoms with Crippen molar-refractivity contribution >= 4 is 52.3 Å². The Balaban J connectivity index is 1.65. The predicted octanol–water partition coefficient (Wildman–Crippen LogP) is 6.28. The molecule has 0 aliphatic carbocycles. The summed E-state index contributed by atoms with van der Waals surface area (Å²) in [5, 5.41) is 13.0. The minimum absolute atomic E-state index is 0.120. The second kappa shape index (κ2) is 12.3. The molecule has 1 atom stereocenters. The van der Waals surface area contributed by atoms with Crippen molar-refractivity contribution in [2.24, 2.45) is 0 Å². The molecule has 0 heterocycles. The van der Waals surface area contributed by atoms with Gasteiger partial charge in [-0.3, -0.25) is 4.79 Å². The van der Waals surface area contributed by atoms with Crippen LogP contribution in [-0.2, 0) is 17.3 Å². The van der Waals surface area contributed by atoms with Crippen LogP contribution in [-0.4, -0.2) is 37.3 Å². The van der Waals surface area contributed by atoms with Crippen LogP contribution in [0.25, 0.3) is 0 Å². The first kappa shape index (κ1) is 26.2. The van der Waals surface area contributed by atoms with Crippen LogP contribution in [0.4, 0.5) is 0 Å². The summed E-state index contributed by atoms with van der Waals surface area (Å²) in [5.41, 5.74) is 2.74. The van der Waals surface area contributed by atoms with Gasteiger partial charge >= 0.3 is 5.97 Å². The first-order valence-electron chi connectivity index (χ1n) is 10.4. The molecule has 178 valence electrons. The van der Waals surface area contributed by atoms with Crippen molar-refractivity contribution in [2.75, 3.05) is 20.3 Å². The number of aromatic hydroxyl groups is 1. The van der Waals surface area contributed by atoms with Crippen molar-refractivity contribution in [3.63, 3.8) is 0 Å². The van der Waals surface area contributed by atoms with E-state index in [4.69, 9.17) is 4.74 Å². The molecule has 0 radical (unpaired) electrons. The highest BCUT2D eigenvalue weighted by Gasteiger charge is 2.15. The summed E-state index contributed by atoms with van der Waals surface area (Å²) in [6.07, 6.45) is 1.55. The number of halogens is 2. The van der Waals surface area contributed by atoms with E-state index in [0.29, 0.717) is 30.0 Å². The van der Waals surface area contributed by atoms with Gasteiger partial charge in [0.25, 0.3) is 5.91 Å². The van der Waals surface area contributed by atoms with Crippen LogP contribution in [0, 0.1) is 0 Å². The number of phenols is 1. The number of hydrogen-bond donors (Lipinski definition) is 2. The van der Waals surface area contributed by atoms with Crippen molar-refractivity contribution < 1.29 is 24.2 Å². The van der Waals surface area contributed by atoms with Crippen LogP contribution in [0.5, 0.6) is 17.2 Å². The molecule has 9 heteroatoms. The standard InChI is InChI=1S/C25H24Br2NO5P/c1-32-25(31)17-5-3-15(4-6-17)9-10-28-24(30)19-13-18(7-8-22(19)29)33-23-20(26)11-16(14-34-2)12-21(23)27/h3-8,11-13,29,34H,9-10,14H2,1-2H3,(H,28,30). The predicted molar refractivity (Wildman–Crippen MR) is 142 cm³/mol. The third-order valence-electron chi connectivity index (χ3n) is 4.95. The van der Waals surface area contributed by atoms with E-state index in [9.17, 15) is 14.7 Å². The largest absolute Gasteiger partial charge is 0.507 e. The summed E-state index contributed by atoms with van der Waals surface area (Å²) < 4.78 is 12.3. The topological polar surface area (TPSA) is 84.9 Å². The lowest BCUT2D eigenvalue weighted by Crippen LogP contribution is -2.25. The number of rotatable bonds is 9. The van der Waals surface area contributed by atoms with Gasteiger partial charge < -0.3 is 19.9 Å². The van der Waals surface area contributed by atoms with Gasteiger partial charge in [-0.15, -0.1) is 8.58 Å². The first-order chi connectivity index (χ1) is 16.3. The number of hydrogen-bond acceptors (Lipinski definition) is 5. The van der Waals surface area contributed by atoms with E-state index in [1.165, 1.54) is 24.8 Å². The smallest absolute Gasteiger partial charge is 0.337 e. The van der Waals surface area contributed by atoms with Gasteiger partial charge in [0, 0.05) is 6.54 Å². The molecular weight excluding hydrogens is 585 g/mol. The average molecular weight is 609 g/mol. The molecule has 0 saturated carbocycles. The quantitative estimate of drug-likeness (QED) is 0.221. The van der Waals surface area contributed by atoms with Gasteiger partial charge in [0.1, 0.15) is 11.5 Å². The van der Waals surface area contributed by atoms with Crippen LogP contribution in [0.3, 0.4) is 0 Å². The van der Waals surface area contributed by atoms with E-state index in [0.717, 1.165) is 29.3 Å². The summed E-state index contributed by atoms with van der Waals surface area (Å²) in [4.78, 5) is 24.2. The zero-order valence-electron chi connectivity index (χ0n) is 18.7. The highest BCUT2D eigenvalue weighted by Crippen LogP contribution is 2.39. The zero-order valence-corrected chi connectivity index (χ0v) is 22.8. The van der Waals surface area contributed by atoms with Gasteiger partial charge in [0.15, 0.2) is 5.75 Å². The number of ether oxygens (including phenoxy) is 2. The third-order valence-corrected chi connectivity index (χ3v) is 6.89. The molecule has 0 aliphatic rings. The third kappa shape index (κ3) is 6.81. The van der Waals surface area contributed by atoms with E-state index < -0.39 is 11.9 Å². The molecule has 34 heavy (non-hydrogen) atoms. The number of phenolic OH excluding ortho intramolecular Hbond substituents is 1. The fraction of sp³-hybridized carbons (Fsp3) is 0.200. The lowest BCUT2D eigenvalue weighted by atomic mass is 10.1. The van der Waals surface area contributed by atoms with Gasteiger partial charge in [-0.25, -0.2) is 4.79 Å². The minimum atomic E-state index is -0.411. The molecule has 0 fully saturated rings. The molecule has 0 aliphatic heterocycles. The average Bonchev–Trinajstić information content (AvgIpc) is 2.82. The Bertz CT molecular complexity index is 1160.